The van der Waals surface area contributed by atoms with Gasteiger partial charge in [-0.05, 0) is 62.6 Å². The van der Waals surface area contributed by atoms with E-state index in [4.69, 9.17) is 11.6 Å². The predicted molar refractivity (Wildman–Crippen MR) is 112 cm³/mol. The third-order valence-electron chi connectivity index (χ3n) is 4.94. The molecule has 0 bridgehead atoms. The van der Waals surface area contributed by atoms with Crippen molar-refractivity contribution in [1.29, 1.82) is 0 Å². The Hall–Kier alpha value is -1.85. The van der Waals surface area contributed by atoms with Crippen molar-refractivity contribution < 1.29 is 9.59 Å². The van der Waals surface area contributed by atoms with Gasteiger partial charge < -0.3 is 10.6 Å². The first-order valence-corrected chi connectivity index (χ1v) is 10.2. The van der Waals surface area contributed by atoms with Crippen LogP contribution in [0.5, 0.6) is 0 Å². The zero-order valence-electron chi connectivity index (χ0n) is 15.3. The molecular formula is C21H22BrClN2O2. The minimum Gasteiger partial charge on any atom is -0.350 e. The van der Waals surface area contributed by atoms with Gasteiger partial charge in [-0.15, -0.1) is 0 Å². The second kappa shape index (κ2) is 8.03. The summed E-state index contributed by atoms with van der Waals surface area (Å²) in [5.41, 5.74) is 1.38. The molecule has 1 aliphatic rings. The molecule has 0 atom stereocenters. The molecule has 142 valence electrons. The van der Waals surface area contributed by atoms with Crippen LogP contribution in [0.2, 0.25) is 5.02 Å². The molecule has 0 aromatic heterocycles. The third-order valence-corrected chi connectivity index (χ3v) is 5.79. The lowest BCUT2D eigenvalue weighted by atomic mass is 9.64. The molecule has 0 heterocycles. The maximum Gasteiger partial charge on any atom is 0.251 e. The van der Waals surface area contributed by atoms with E-state index in [-0.39, 0.29) is 17.9 Å². The number of anilines is 1. The first-order valence-electron chi connectivity index (χ1n) is 9.00. The Morgan fingerprint density at radius 2 is 1.78 bits per heavy atom. The van der Waals surface area contributed by atoms with Crippen LogP contribution in [-0.2, 0) is 10.2 Å². The van der Waals surface area contributed by atoms with Gasteiger partial charge in [0, 0.05) is 16.1 Å². The lowest BCUT2D eigenvalue weighted by molar-refractivity contribution is -0.124. The van der Waals surface area contributed by atoms with Gasteiger partial charge in [0.15, 0.2) is 0 Å². The number of benzene rings is 2. The topological polar surface area (TPSA) is 58.2 Å². The molecule has 1 saturated carbocycles. The van der Waals surface area contributed by atoms with Gasteiger partial charge in [-0.25, -0.2) is 0 Å². The second-order valence-corrected chi connectivity index (χ2v) is 8.54. The number of hydrogen-bond acceptors (Lipinski definition) is 2. The van der Waals surface area contributed by atoms with Crippen molar-refractivity contribution in [3.8, 4) is 0 Å². The molecule has 2 aromatic carbocycles. The van der Waals surface area contributed by atoms with Gasteiger partial charge in [0.2, 0.25) is 5.91 Å². The molecule has 0 spiro atoms. The monoisotopic (exact) mass is 448 g/mol. The largest absolute Gasteiger partial charge is 0.350 e. The molecule has 2 N–H and O–H groups in total. The average Bonchev–Trinajstić information content (AvgIpc) is 2.57. The SMILES string of the molecule is CC(C)NC(=O)c1ccc(Cl)c(NC(=O)C2(c3ccc(Br)cc3)CCC2)c1. The summed E-state index contributed by atoms with van der Waals surface area (Å²) in [6, 6.07) is 12.8. The van der Waals surface area contributed by atoms with E-state index in [1.807, 2.05) is 38.1 Å². The lowest BCUT2D eigenvalue weighted by Crippen LogP contribution is -2.46. The summed E-state index contributed by atoms with van der Waals surface area (Å²) in [6.07, 6.45) is 2.60. The highest BCUT2D eigenvalue weighted by Gasteiger charge is 2.45. The molecule has 1 fully saturated rings. The maximum absolute atomic E-state index is 13.1. The zero-order valence-corrected chi connectivity index (χ0v) is 17.7. The van der Waals surface area contributed by atoms with Crippen LogP contribution in [0.25, 0.3) is 0 Å². The number of carbonyl (C=O) groups is 2. The summed E-state index contributed by atoms with van der Waals surface area (Å²) in [4.78, 5) is 25.4. The minimum absolute atomic E-state index is 0.0295. The Balaban J connectivity index is 1.84. The molecule has 3 rings (SSSR count). The molecule has 2 aromatic rings. The van der Waals surface area contributed by atoms with Gasteiger partial charge in [-0.1, -0.05) is 46.1 Å². The summed E-state index contributed by atoms with van der Waals surface area (Å²) in [5, 5.41) is 6.21. The van der Waals surface area contributed by atoms with Crippen LogP contribution < -0.4 is 10.6 Å². The van der Waals surface area contributed by atoms with Gasteiger partial charge in [0.05, 0.1) is 16.1 Å². The predicted octanol–water partition coefficient (Wildman–Crippen LogP) is 5.30. The highest BCUT2D eigenvalue weighted by atomic mass is 79.9. The molecule has 1 aliphatic carbocycles. The summed E-state index contributed by atoms with van der Waals surface area (Å²) >= 11 is 9.71. The third kappa shape index (κ3) is 4.19. The van der Waals surface area contributed by atoms with Crippen molar-refractivity contribution in [3.05, 3.63) is 63.1 Å². The van der Waals surface area contributed by atoms with Crippen LogP contribution in [0.1, 0.15) is 49.0 Å². The number of halogens is 2. The molecular weight excluding hydrogens is 428 g/mol. The molecule has 4 nitrogen and oxygen atoms in total. The summed E-state index contributed by atoms with van der Waals surface area (Å²) in [6.45, 7) is 3.80. The normalized spacial score (nSPS) is 15.1. The van der Waals surface area contributed by atoms with E-state index < -0.39 is 5.41 Å². The zero-order chi connectivity index (χ0) is 19.6. The van der Waals surface area contributed by atoms with Crippen molar-refractivity contribution >= 4 is 45.0 Å². The van der Waals surface area contributed by atoms with E-state index in [2.05, 4.69) is 26.6 Å². The lowest BCUT2D eigenvalue weighted by Gasteiger charge is -2.40. The molecule has 2 amide bonds. The second-order valence-electron chi connectivity index (χ2n) is 7.22. The number of nitrogens with one attached hydrogen (secondary N) is 2. The minimum atomic E-state index is -0.541. The van der Waals surface area contributed by atoms with Crippen molar-refractivity contribution in [2.75, 3.05) is 5.32 Å². The Kier molecular flexibility index (Phi) is 5.92. The first kappa shape index (κ1) is 19.9. The number of carbonyl (C=O) groups excluding carboxylic acids is 2. The highest BCUT2D eigenvalue weighted by molar-refractivity contribution is 9.10. The maximum atomic E-state index is 13.1. The van der Waals surface area contributed by atoms with Crippen LogP contribution >= 0.6 is 27.5 Å². The van der Waals surface area contributed by atoms with Gasteiger partial charge in [-0.3, -0.25) is 9.59 Å². The Morgan fingerprint density at radius 3 is 2.33 bits per heavy atom. The summed E-state index contributed by atoms with van der Waals surface area (Å²) in [7, 11) is 0. The van der Waals surface area contributed by atoms with E-state index in [9.17, 15) is 9.59 Å². The molecule has 0 radical (unpaired) electrons. The average molecular weight is 450 g/mol. The van der Waals surface area contributed by atoms with E-state index in [1.165, 1.54) is 0 Å². The number of rotatable bonds is 5. The van der Waals surface area contributed by atoms with E-state index >= 15 is 0 Å². The number of amides is 2. The standard InChI is InChI=1S/C21H22BrClN2O2/c1-13(2)24-19(26)14-4-9-17(23)18(12-14)25-20(27)21(10-3-11-21)15-5-7-16(22)8-6-15/h4-9,12-13H,3,10-11H2,1-2H3,(H,24,26)(H,25,27). The van der Waals surface area contributed by atoms with Gasteiger partial charge in [-0.2, -0.15) is 0 Å². The van der Waals surface area contributed by atoms with Gasteiger partial charge in [0.1, 0.15) is 0 Å². The van der Waals surface area contributed by atoms with Crippen molar-refractivity contribution in [2.45, 2.75) is 44.6 Å². The summed E-state index contributed by atoms with van der Waals surface area (Å²) < 4.78 is 0.980. The van der Waals surface area contributed by atoms with Crippen molar-refractivity contribution in [1.82, 2.24) is 5.32 Å². The van der Waals surface area contributed by atoms with Crippen LogP contribution in [0.15, 0.2) is 46.9 Å². The smallest absolute Gasteiger partial charge is 0.251 e. The van der Waals surface area contributed by atoms with Crippen LogP contribution in [-0.4, -0.2) is 17.9 Å². The molecule has 0 saturated heterocycles. The first-order chi connectivity index (χ1) is 12.8. The van der Waals surface area contributed by atoms with E-state index in [1.54, 1.807) is 18.2 Å². The van der Waals surface area contributed by atoms with Gasteiger partial charge >= 0.3 is 0 Å². The van der Waals surface area contributed by atoms with Crippen molar-refractivity contribution in [3.63, 3.8) is 0 Å². The molecule has 0 unspecified atom stereocenters. The molecule has 6 heteroatoms. The quantitative estimate of drug-likeness (QED) is 0.650. The van der Waals surface area contributed by atoms with Crippen LogP contribution in [0, 0.1) is 0 Å². The fourth-order valence-electron chi connectivity index (χ4n) is 3.30. The Bertz CT molecular complexity index is 861. The highest BCUT2D eigenvalue weighted by Crippen LogP contribution is 2.45. The molecule has 0 aliphatic heterocycles. The number of hydrogen-bond donors (Lipinski definition) is 2. The summed E-state index contributed by atoms with van der Waals surface area (Å²) in [5.74, 6) is -0.275. The Morgan fingerprint density at radius 1 is 1.11 bits per heavy atom. The van der Waals surface area contributed by atoms with E-state index in [0.29, 0.717) is 16.3 Å². The fourth-order valence-corrected chi connectivity index (χ4v) is 3.72. The van der Waals surface area contributed by atoms with Crippen LogP contribution in [0.4, 0.5) is 5.69 Å². The van der Waals surface area contributed by atoms with E-state index in [0.717, 1.165) is 29.3 Å². The molecule has 27 heavy (non-hydrogen) atoms. The van der Waals surface area contributed by atoms with Gasteiger partial charge in [0.25, 0.3) is 5.91 Å². The van der Waals surface area contributed by atoms with Crippen LogP contribution in [0.3, 0.4) is 0 Å². The fraction of sp³-hybridized carbons (Fsp3) is 0.333. The van der Waals surface area contributed by atoms with Crippen molar-refractivity contribution in [2.24, 2.45) is 0 Å². The Labute approximate surface area is 172 Å².